The summed E-state index contributed by atoms with van der Waals surface area (Å²) in [7, 11) is 0. The van der Waals surface area contributed by atoms with E-state index >= 15 is 0 Å². The Morgan fingerprint density at radius 3 is 2.57 bits per heavy atom. The van der Waals surface area contributed by atoms with Crippen molar-refractivity contribution in [3.8, 4) is 5.75 Å². The van der Waals surface area contributed by atoms with Crippen LogP contribution >= 0.6 is 0 Å². The molecule has 0 aliphatic rings. The zero-order valence-corrected chi connectivity index (χ0v) is 12.8. The Labute approximate surface area is 126 Å². The normalized spacial score (nSPS) is 12.2. The lowest BCUT2D eigenvalue weighted by Gasteiger charge is -2.21. The first-order chi connectivity index (χ1) is 10.1. The van der Waals surface area contributed by atoms with Crippen LogP contribution in [0, 0.1) is 19.7 Å². The summed E-state index contributed by atoms with van der Waals surface area (Å²) >= 11 is 0. The Morgan fingerprint density at radius 2 is 1.86 bits per heavy atom. The van der Waals surface area contributed by atoms with Crippen molar-refractivity contribution < 1.29 is 9.13 Å². The van der Waals surface area contributed by atoms with Crippen molar-refractivity contribution in [2.45, 2.75) is 26.8 Å². The Morgan fingerprint density at radius 1 is 1.10 bits per heavy atom. The molecule has 0 fully saturated rings. The number of hydrogen-bond donors (Lipinski definition) is 1. The van der Waals surface area contributed by atoms with Gasteiger partial charge in [0.05, 0.1) is 6.04 Å². The van der Waals surface area contributed by atoms with Crippen molar-refractivity contribution in [2.75, 3.05) is 13.2 Å². The third-order valence-corrected chi connectivity index (χ3v) is 3.57. The highest BCUT2D eigenvalue weighted by Crippen LogP contribution is 2.22. The van der Waals surface area contributed by atoms with Crippen molar-refractivity contribution in [1.82, 2.24) is 5.32 Å². The van der Waals surface area contributed by atoms with E-state index in [4.69, 9.17) is 4.74 Å². The average molecular weight is 287 g/mol. The highest BCUT2D eigenvalue weighted by atomic mass is 19.1. The van der Waals surface area contributed by atoms with E-state index in [0.717, 1.165) is 12.1 Å². The number of hydrogen-bond acceptors (Lipinski definition) is 2. The maximum atomic E-state index is 13.3. The lowest BCUT2D eigenvalue weighted by molar-refractivity contribution is 0.265. The number of likely N-dealkylation sites (N-methyl/N-ethyl adjacent to an activating group) is 1. The summed E-state index contributed by atoms with van der Waals surface area (Å²) in [6.45, 7) is 7.41. The lowest BCUT2D eigenvalue weighted by atomic mass is 10.0. The summed E-state index contributed by atoms with van der Waals surface area (Å²) in [6.07, 6.45) is 0. The first-order valence-corrected chi connectivity index (χ1v) is 7.29. The minimum atomic E-state index is -0.272. The molecule has 1 unspecified atom stereocenters. The molecule has 0 saturated carbocycles. The molecule has 112 valence electrons. The van der Waals surface area contributed by atoms with Gasteiger partial charge in [-0.05, 0) is 43.1 Å². The van der Waals surface area contributed by atoms with Gasteiger partial charge < -0.3 is 10.1 Å². The molecule has 2 aromatic rings. The second-order valence-electron chi connectivity index (χ2n) is 5.19. The predicted octanol–water partition coefficient (Wildman–Crippen LogP) is 4.17. The quantitative estimate of drug-likeness (QED) is 0.861. The molecule has 0 bridgehead atoms. The van der Waals surface area contributed by atoms with Crippen molar-refractivity contribution in [3.05, 3.63) is 65.0 Å². The first-order valence-electron chi connectivity index (χ1n) is 7.29. The van der Waals surface area contributed by atoms with Crippen LogP contribution in [-0.4, -0.2) is 13.2 Å². The Hall–Kier alpha value is -1.87. The Bertz CT molecular complexity index is 598. The van der Waals surface area contributed by atoms with Crippen LogP contribution in [0.2, 0.25) is 0 Å². The zero-order valence-electron chi connectivity index (χ0n) is 12.8. The van der Waals surface area contributed by atoms with E-state index in [1.807, 2.05) is 19.1 Å². The minimum absolute atomic E-state index is 0.0962. The summed E-state index contributed by atoms with van der Waals surface area (Å²) in [4.78, 5) is 0. The van der Waals surface area contributed by atoms with Gasteiger partial charge in [0.1, 0.15) is 18.2 Å². The highest BCUT2D eigenvalue weighted by molar-refractivity contribution is 5.33. The van der Waals surface area contributed by atoms with E-state index < -0.39 is 0 Å². The van der Waals surface area contributed by atoms with Crippen LogP contribution in [0.1, 0.15) is 29.7 Å². The van der Waals surface area contributed by atoms with Crippen molar-refractivity contribution in [2.24, 2.45) is 0 Å². The topological polar surface area (TPSA) is 21.3 Å². The molecule has 0 aromatic heterocycles. The Balaban J connectivity index is 2.14. The second-order valence-corrected chi connectivity index (χ2v) is 5.19. The number of aryl methyl sites for hydroxylation is 2. The fourth-order valence-corrected chi connectivity index (χ4v) is 2.39. The molecule has 0 radical (unpaired) electrons. The van der Waals surface area contributed by atoms with E-state index in [1.54, 1.807) is 6.07 Å². The molecule has 1 N–H and O–H groups in total. The lowest BCUT2D eigenvalue weighted by Crippen LogP contribution is -2.27. The molecular formula is C18H22FNO. The van der Waals surface area contributed by atoms with Gasteiger partial charge in [0.15, 0.2) is 0 Å². The largest absolute Gasteiger partial charge is 0.491 e. The van der Waals surface area contributed by atoms with Gasteiger partial charge in [-0.2, -0.15) is 0 Å². The Kier molecular flexibility index (Phi) is 5.34. The van der Waals surface area contributed by atoms with Crippen LogP contribution in [0.4, 0.5) is 4.39 Å². The number of ether oxygens (including phenoxy) is 1. The summed E-state index contributed by atoms with van der Waals surface area (Å²) in [6, 6.07) is 13.0. The highest BCUT2D eigenvalue weighted by Gasteiger charge is 2.14. The van der Waals surface area contributed by atoms with Crippen molar-refractivity contribution in [1.29, 1.82) is 0 Å². The molecule has 0 aliphatic heterocycles. The van der Waals surface area contributed by atoms with Gasteiger partial charge in [-0.15, -0.1) is 0 Å². The molecule has 0 heterocycles. The third kappa shape index (κ3) is 4.05. The molecule has 1 atom stereocenters. The summed E-state index contributed by atoms with van der Waals surface area (Å²) < 4.78 is 19.2. The summed E-state index contributed by atoms with van der Waals surface area (Å²) in [5.41, 5.74) is 3.38. The van der Waals surface area contributed by atoms with E-state index in [2.05, 4.69) is 31.3 Å². The first kappa shape index (κ1) is 15.5. The third-order valence-electron chi connectivity index (χ3n) is 3.57. The van der Waals surface area contributed by atoms with Crippen LogP contribution in [0.25, 0.3) is 0 Å². The van der Waals surface area contributed by atoms with Crippen LogP contribution < -0.4 is 10.1 Å². The van der Waals surface area contributed by atoms with Crippen LogP contribution in [0.3, 0.4) is 0 Å². The molecule has 0 saturated heterocycles. The smallest absolute Gasteiger partial charge is 0.126 e. The van der Waals surface area contributed by atoms with Crippen LogP contribution in [0.15, 0.2) is 42.5 Å². The number of nitrogens with one attached hydrogen (secondary N) is 1. The van der Waals surface area contributed by atoms with Gasteiger partial charge in [0.25, 0.3) is 0 Å². The monoisotopic (exact) mass is 287 g/mol. The minimum Gasteiger partial charge on any atom is -0.491 e. The van der Waals surface area contributed by atoms with Gasteiger partial charge in [0, 0.05) is 6.07 Å². The van der Waals surface area contributed by atoms with Gasteiger partial charge >= 0.3 is 0 Å². The van der Waals surface area contributed by atoms with Gasteiger partial charge in [0.2, 0.25) is 0 Å². The number of rotatable bonds is 6. The summed E-state index contributed by atoms with van der Waals surface area (Å²) in [5, 5.41) is 3.43. The molecule has 2 aromatic carbocycles. The number of benzene rings is 2. The molecule has 0 amide bonds. The maximum absolute atomic E-state index is 13.3. The molecule has 21 heavy (non-hydrogen) atoms. The molecule has 0 spiro atoms. The average Bonchev–Trinajstić information content (AvgIpc) is 2.47. The predicted molar refractivity (Wildman–Crippen MR) is 84.2 cm³/mol. The molecular weight excluding hydrogens is 265 g/mol. The van der Waals surface area contributed by atoms with E-state index in [1.165, 1.54) is 23.3 Å². The van der Waals surface area contributed by atoms with Crippen molar-refractivity contribution >= 4 is 0 Å². The van der Waals surface area contributed by atoms with Gasteiger partial charge in [-0.25, -0.2) is 4.39 Å². The maximum Gasteiger partial charge on any atom is 0.126 e. The van der Waals surface area contributed by atoms with Crippen LogP contribution in [-0.2, 0) is 0 Å². The molecule has 2 rings (SSSR count). The van der Waals surface area contributed by atoms with E-state index in [-0.39, 0.29) is 11.9 Å². The van der Waals surface area contributed by atoms with E-state index in [9.17, 15) is 4.39 Å². The fraction of sp³-hybridized carbons (Fsp3) is 0.333. The molecule has 0 aliphatic carbocycles. The van der Waals surface area contributed by atoms with Crippen molar-refractivity contribution in [3.63, 3.8) is 0 Å². The van der Waals surface area contributed by atoms with Gasteiger partial charge in [-0.1, -0.05) is 37.3 Å². The molecule has 3 heteroatoms. The SMILES string of the molecule is CCNC(COc1cc(F)ccc1C)c1ccccc1C. The standard InChI is InChI=1S/C18H22FNO/c1-4-20-17(16-8-6-5-7-13(16)2)12-21-18-11-15(19)10-9-14(18)3/h5-11,17,20H,4,12H2,1-3H3. The number of halogens is 1. The fourth-order valence-electron chi connectivity index (χ4n) is 2.39. The molecule has 2 nitrogen and oxygen atoms in total. The van der Waals surface area contributed by atoms with Crippen LogP contribution in [0.5, 0.6) is 5.75 Å². The second kappa shape index (κ2) is 7.23. The van der Waals surface area contributed by atoms with E-state index in [0.29, 0.717) is 12.4 Å². The van der Waals surface area contributed by atoms with Gasteiger partial charge in [-0.3, -0.25) is 0 Å². The zero-order chi connectivity index (χ0) is 15.2. The summed E-state index contributed by atoms with van der Waals surface area (Å²) in [5.74, 6) is 0.331.